The maximum absolute atomic E-state index is 5.45. The van der Waals surface area contributed by atoms with Gasteiger partial charge >= 0.3 is 0 Å². The highest BCUT2D eigenvalue weighted by Crippen LogP contribution is 2.25. The van der Waals surface area contributed by atoms with Gasteiger partial charge in [0.2, 0.25) is 0 Å². The van der Waals surface area contributed by atoms with Gasteiger partial charge in [0.25, 0.3) is 0 Å². The van der Waals surface area contributed by atoms with Crippen molar-refractivity contribution >= 4 is 5.69 Å². The lowest BCUT2D eigenvalue weighted by Gasteiger charge is -2.37. The zero-order valence-electron chi connectivity index (χ0n) is 11.7. The van der Waals surface area contributed by atoms with Crippen molar-refractivity contribution in [1.29, 1.82) is 0 Å². The lowest BCUT2D eigenvalue weighted by molar-refractivity contribution is 0.0439. The van der Waals surface area contributed by atoms with Crippen LogP contribution in [-0.2, 0) is 11.2 Å². The highest BCUT2D eigenvalue weighted by atomic mass is 16.5. The molecule has 3 rings (SSSR count). The van der Waals surface area contributed by atoms with Crippen molar-refractivity contribution in [2.75, 3.05) is 31.6 Å². The number of hydrogen-bond acceptors (Lipinski definition) is 3. The van der Waals surface area contributed by atoms with E-state index in [0.717, 1.165) is 39.1 Å². The van der Waals surface area contributed by atoms with Crippen LogP contribution >= 0.6 is 0 Å². The number of benzene rings is 1. The van der Waals surface area contributed by atoms with E-state index < -0.39 is 0 Å². The van der Waals surface area contributed by atoms with Crippen LogP contribution < -0.4 is 10.6 Å². The summed E-state index contributed by atoms with van der Waals surface area (Å²) in [5.41, 5.74) is 3.04. The molecule has 0 aliphatic carbocycles. The van der Waals surface area contributed by atoms with E-state index in [1.165, 1.54) is 17.7 Å². The van der Waals surface area contributed by atoms with Gasteiger partial charge in [0.15, 0.2) is 0 Å². The monoisotopic (exact) mass is 260 g/mol. The van der Waals surface area contributed by atoms with E-state index >= 15 is 0 Å². The molecule has 1 saturated heterocycles. The standard InChI is InChI=1S/C16H24N2O/c1-16(6-8-19-9-7-16)18-12-13-10-14-4-2-3-5-15(14)17-11-13/h2-5,13,17-18H,6-12H2,1H3. The minimum Gasteiger partial charge on any atom is -0.384 e. The smallest absolute Gasteiger partial charge is 0.0483 e. The van der Waals surface area contributed by atoms with E-state index in [9.17, 15) is 0 Å². The largest absolute Gasteiger partial charge is 0.384 e. The summed E-state index contributed by atoms with van der Waals surface area (Å²) in [7, 11) is 0. The minimum atomic E-state index is 0.273. The second-order valence-corrected chi connectivity index (χ2v) is 6.16. The van der Waals surface area contributed by atoms with Gasteiger partial charge in [-0.05, 0) is 43.7 Å². The topological polar surface area (TPSA) is 33.3 Å². The summed E-state index contributed by atoms with van der Waals surface area (Å²) >= 11 is 0. The van der Waals surface area contributed by atoms with E-state index in [4.69, 9.17) is 4.74 Å². The molecule has 3 nitrogen and oxygen atoms in total. The number of para-hydroxylation sites is 1. The van der Waals surface area contributed by atoms with Crippen LogP contribution in [0.3, 0.4) is 0 Å². The van der Waals surface area contributed by atoms with Gasteiger partial charge in [-0.25, -0.2) is 0 Å². The SMILES string of the molecule is CC1(NCC2CNc3ccccc3C2)CCOCC1. The Kier molecular flexibility index (Phi) is 3.76. The quantitative estimate of drug-likeness (QED) is 0.875. The molecule has 2 N–H and O–H groups in total. The highest BCUT2D eigenvalue weighted by molar-refractivity contribution is 5.53. The Hall–Kier alpha value is -1.06. The fraction of sp³-hybridized carbons (Fsp3) is 0.625. The third-order valence-corrected chi connectivity index (χ3v) is 4.52. The zero-order chi connectivity index (χ0) is 13.1. The normalized spacial score (nSPS) is 25.4. The molecule has 19 heavy (non-hydrogen) atoms. The minimum absolute atomic E-state index is 0.273. The molecule has 1 unspecified atom stereocenters. The Balaban J connectivity index is 1.54. The van der Waals surface area contributed by atoms with Gasteiger partial charge < -0.3 is 15.4 Å². The van der Waals surface area contributed by atoms with Crippen LogP contribution in [0.25, 0.3) is 0 Å². The van der Waals surface area contributed by atoms with Crippen molar-refractivity contribution < 1.29 is 4.74 Å². The molecule has 0 bridgehead atoms. The third kappa shape index (κ3) is 3.10. The second-order valence-electron chi connectivity index (χ2n) is 6.16. The fourth-order valence-corrected chi connectivity index (χ4v) is 3.04. The first-order chi connectivity index (χ1) is 9.25. The van der Waals surface area contributed by atoms with Crippen molar-refractivity contribution in [3.05, 3.63) is 29.8 Å². The molecule has 0 saturated carbocycles. The summed E-state index contributed by atoms with van der Waals surface area (Å²) in [5, 5.41) is 7.33. The van der Waals surface area contributed by atoms with Crippen molar-refractivity contribution in [3.8, 4) is 0 Å². The van der Waals surface area contributed by atoms with Crippen LogP contribution in [0.2, 0.25) is 0 Å². The molecule has 0 radical (unpaired) electrons. The van der Waals surface area contributed by atoms with Crippen LogP contribution in [0.1, 0.15) is 25.3 Å². The van der Waals surface area contributed by atoms with Gasteiger partial charge in [0.1, 0.15) is 0 Å². The molecule has 1 aromatic carbocycles. The number of fused-ring (bicyclic) bond motifs is 1. The molecule has 2 heterocycles. The summed E-state index contributed by atoms with van der Waals surface area (Å²) in [5.74, 6) is 0.689. The van der Waals surface area contributed by atoms with E-state index in [2.05, 4.69) is 41.8 Å². The van der Waals surface area contributed by atoms with E-state index in [-0.39, 0.29) is 5.54 Å². The molecule has 1 atom stereocenters. The number of ether oxygens (including phenoxy) is 1. The third-order valence-electron chi connectivity index (χ3n) is 4.52. The van der Waals surface area contributed by atoms with Gasteiger partial charge in [-0.2, -0.15) is 0 Å². The van der Waals surface area contributed by atoms with E-state index in [0.29, 0.717) is 5.92 Å². The maximum Gasteiger partial charge on any atom is 0.0483 e. The van der Waals surface area contributed by atoms with Crippen molar-refractivity contribution in [1.82, 2.24) is 5.32 Å². The number of hydrogen-bond donors (Lipinski definition) is 2. The molecular formula is C16H24N2O. The molecule has 1 fully saturated rings. The molecule has 3 heteroatoms. The molecule has 1 aromatic rings. The maximum atomic E-state index is 5.45. The summed E-state index contributed by atoms with van der Waals surface area (Å²) in [6.07, 6.45) is 3.44. The van der Waals surface area contributed by atoms with Gasteiger partial charge in [-0.15, -0.1) is 0 Å². The first-order valence-electron chi connectivity index (χ1n) is 7.40. The molecule has 0 aromatic heterocycles. The zero-order valence-corrected chi connectivity index (χ0v) is 11.7. The number of rotatable bonds is 3. The fourth-order valence-electron chi connectivity index (χ4n) is 3.04. The van der Waals surface area contributed by atoms with Crippen molar-refractivity contribution in [2.45, 2.75) is 31.7 Å². The Bertz CT molecular complexity index is 427. The Morgan fingerprint density at radius 1 is 1.32 bits per heavy atom. The summed E-state index contributed by atoms with van der Waals surface area (Å²) in [4.78, 5) is 0. The molecule has 0 amide bonds. The molecule has 0 spiro atoms. The van der Waals surface area contributed by atoms with Gasteiger partial charge in [-0.3, -0.25) is 0 Å². The highest BCUT2D eigenvalue weighted by Gasteiger charge is 2.28. The molecule has 104 valence electrons. The van der Waals surface area contributed by atoms with Gasteiger partial charge in [-0.1, -0.05) is 18.2 Å². The van der Waals surface area contributed by atoms with Gasteiger partial charge in [0.05, 0.1) is 0 Å². The summed E-state index contributed by atoms with van der Waals surface area (Å²) in [6, 6.07) is 8.66. The lowest BCUT2D eigenvalue weighted by atomic mass is 9.89. The van der Waals surface area contributed by atoms with Crippen LogP contribution in [0.4, 0.5) is 5.69 Å². The number of nitrogens with one attached hydrogen (secondary N) is 2. The predicted octanol–water partition coefficient (Wildman–Crippen LogP) is 2.43. The lowest BCUT2D eigenvalue weighted by Crippen LogP contribution is -2.49. The van der Waals surface area contributed by atoms with Crippen LogP contribution in [-0.4, -0.2) is 31.8 Å². The first-order valence-corrected chi connectivity index (χ1v) is 7.40. The van der Waals surface area contributed by atoms with Crippen LogP contribution in [0, 0.1) is 5.92 Å². The average molecular weight is 260 g/mol. The predicted molar refractivity (Wildman–Crippen MR) is 78.6 cm³/mol. The molecule has 2 aliphatic heterocycles. The number of anilines is 1. The average Bonchev–Trinajstić information content (AvgIpc) is 2.46. The van der Waals surface area contributed by atoms with Crippen LogP contribution in [0.15, 0.2) is 24.3 Å². The Morgan fingerprint density at radius 2 is 2.11 bits per heavy atom. The summed E-state index contributed by atoms with van der Waals surface area (Å²) < 4.78 is 5.45. The first kappa shape index (κ1) is 12.9. The van der Waals surface area contributed by atoms with Crippen molar-refractivity contribution in [2.24, 2.45) is 5.92 Å². The van der Waals surface area contributed by atoms with E-state index in [1.807, 2.05) is 0 Å². The Labute approximate surface area is 115 Å². The van der Waals surface area contributed by atoms with Crippen molar-refractivity contribution in [3.63, 3.8) is 0 Å². The van der Waals surface area contributed by atoms with Crippen LogP contribution in [0.5, 0.6) is 0 Å². The summed E-state index contributed by atoms with van der Waals surface area (Å²) in [6.45, 7) is 6.30. The molecule has 2 aliphatic rings. The second kappa shape index (κ2) is 5.51. The van der Waals surface area contributed by atoms with Gasteiger partial charge in [0, 0.05) is 37.5 Å². The van der Waals surface area contributed by atoms with E-state index in [1.54, 1.807) is 0 Å². The molecular weight excluding hydrogens is 236 g/mol. The Morgan fingerprint density at radius 3 is 2.95 bits per heavy atom.